The molecule has 0 spiro atoms. The maximum absolute atomic E-state index is 5.08. The van der Waals surface area contributed by atoms with Gasteiger partial charge >= 0.3 is 0 Å². The zero-order chi connectivity index (χ0) is 10.6. The van der Waals surface area contributed by atoms with E-state index >= 15 is 0 Å². The minimum atomic E-state index is -1.32. The molecule has 0 atom stereocenters. The van der Waals surface area contributed by atoms with E-state index in [0.717, 1.165) is 11.3 Å². The minimum Gasteiger partial charge on any atom is -0.497 e. The van der Waals surface area contributed by atoms with Gasteiger partial charge in [-0.2, -0.15) is 0 Å². The second-order valence-corrected chi connectivity index (χ2v) is 8.80. The predicted molar refractivity (Wildman–Crippen MR) is 63.9 cm³/mol. The van der Waals surface area contributed by atoms with Crippen molar-refractivity contribution in [3.63, 3.8) is 0 Å². The molecule has 0 saturated carbocycles. The Hall–Kier alpha value is -1.09. The molecule has 2 nitrogen and oxygen atoms in total. The Kier molecular flexibility index (Phi) is 3.47. The molecule has 3 heteroatoms. The highest BCUT2D eigenvalue weighted by molar-refractivity contribution is 6.75. The quantitative estimate of drug-likeness (QED) is 0.551. The molecule has 1 aromatic carbocycles. The van der Waals surface area contributed by atoms with E-state index in [0.29, 0.717) is 0 Å². The molecule has 0 amide bonds. The molecule has 0 fully saturated rings. The molecule has 0 radical (unpaired) electrons. The first-order valence-corrected chi connectivity index (χ1v) is 8.15. The second kappa shape index (κ2) is 4.42. The molecule has 0 unspecified atom stereocenters. The van der Waals surface area contributed by atoms with Crippen molar-refractivity contribution in [1.29, 1.82) is 0 Å². The number of rotatable bonds is 3. The third-order valence-electron chi connectivity index (χ3n) is 1.72. The fourth-order valence-electron chi connectivity index (χ4n) is 0.958. The summed E-state index contributed by atoms with van der Waals surface area (Å²) in [5, 5.41) is 0. The molecule has 0 bridgehead atoms. The van der Waals surface area contributed by atoms with Gasteiger partial charge in [0, 0.05) is 6.21 Å². The third-order valence-corrected chi connectivity index (χ3v) is 2.62. The Bertz CT molecular complexity index is 311. The SMILES string of the molecule is COc1ccc(C=N[Si](C)(C)C)cc1. The summed E-state index contributed by atoms with van der Waals surface area (Å²) in [5.41, 5.74) is 1.13. The van der Waals surface area contributed by atoms with Crippen molar-refractivity contribution in [3.8, 4) is 5.75 Å². The lowest BCUT2D eigenvalue weighted by Gasteiger charge is -2.07. The number of hydrogen-bond acceptors (Lipinski definition) is 2. The van der Waals surface area contributed by atoms with E-state index in [4.69, 9.17) is 4.74 Å². The highest BCUT2D eigenvalue weighted by Gasteiger charge is 2.08. The van der Waals surface area contributed by atoms with Gasteiger partial charge in [0.1, 0.15) is 5.75 Å². The zero-order valence-corrected chi connectivity index (χ0v) is 10.2. The van der Waals surface area contributed by atoms with Crippen LogP contribution < -0.4 is 4.74 Å². The van der Waals surface area contributed by atoms with Gasteiger partial charge in [-0.25, -0.2) is 0 Å². The van der Waals surface area contributed by atoms with Crippen molar-refractivity contribution >= 4 is 14.5 Å². The number of nitrogens with zero attached hydrogens (tertiary/aromatic N) is 1. The van der Waals surface area contributed by atoms with Crippen LogP contribution in [-0.2, 0) is 0 Å². The molecule has 0 aliphatic rings. The summed E-state index contributed by atoms with van der Waals surface area (Å²) in [7, 11) is 0.348. The Morgan fingerprint density at radius 3 is 2.14 bits per heavy atom. The van der Waals surface area contributed by atoms with Crippen molar-refractivity contribution in [1.82, 2.24) is 0 Å². The molecular weight excluding hydrogens is 190 g/mol. The van der Waals surface area contributed by atoms with E-state index < -0.39 is 8.24 Å². The van der Waals surface area contributed by atoms with E-state index in [9.17, 15) is 0 Å². The smallest absolute Gasteiger partial charge is 0.172 e. The molecule has 0 saturated heterocycles. The van der Waals surface area contributed by atoms with Gasteiger partial charge in [0.15, 0.2) is 8.24 Å². The van der Waals surface area contributed by atoms with Crippen LogP contribution in [0.3, 0.4) is 0 Å². The lowest BCUT2D eigenvalue weighted by atomic mass is 10.2. The summed E-state index contributed by atoms with van der Waals surface area (Å²) in [6.45, 7) is 6.65. The molecule has 0 N–H and O–H groups in total. The average molecular weight is 207 g/mol. The summed E-state index contributed by atoms with van der Waals surface area (Å²) in [5.74, 6) is 0.884. The standard InChI is InChI=1S/C11H17NOSi/c1-13-11-7-5-10(6-8-11)9-12-14(2,3)4/h5-9H,1-4H3. The summed E-state index contributed by atoms with van der Waals surface area (Å²) >= 11 is 0. The largest absolute Gasteiger partial charge is 0.497 e. The normalized spacial score (nSPS) is 12.0. The highest BCUT2D eigenvalue weighted by atomic mass is 28.3. The van der Waals surface area contributed by atoms with Crippen LogP contribution >= 0.6 is 0 Å². The lowest BCUT2D eigenvalue weighted by molar-refractivity contribution is 0.415. The van der Waals surface area contributed by atoms with Crippen LogP contribution in [-0.4, -0.2) is 21.6 Å². The van der Waals surface area contributed by atoms with Crippen LogP contribution in [0, 0.1) is 0 Å². The molecular formula is C11H17NOSi. The van der Waals surface area contributed by atoms with Crippen molar-refractivity contribution in [3.05, 3.63) is 29.8 Å². The van der Waals surface area contributed by atoms with Crippen molar-refractivity contribution < 1.29 is 4.74 Å². The molecule has 0 aromatic heterocycles. The Morgan fingerprint density at radius 1 is 1.14 bits per heavy atom. The molecule has 1 aromatic rings. The molecule has 14 heavy (non-hydrogen) atoms. The van der Waals surface area contributed by atoms with Gasteiger partial charge in [0.05, 0.1) is 7.11 Å². The van der Waals surface area contributed by atoms with Crippen LogP contribution in [0.25, 0.3) is 0 Å². The first-order valence-electron chi connectivity index (χ1n) is 4.70. The first-order chi connectivity index (χ1) is 6.51. The first kappa shape index (κ1) is 11.0. The van der Waals surface area contributed by atoms with Crippen LogP contribution in [0.2, 0.25) is 19.6 Å². The topological polar surface area (TPSA) is 21.6 Å². The van der Waals surface area contributed by atoms with Gasteiger partial charge in [-0.1, -0.05) is 0 Å². The van der Waals surface area contributed by atoms with Crippen LogP contribution in [0.4, 0.5) is 0 Å². The summed E-state index contributed by atoms with van der Waals surface area (Å²) in [6, 6.07) is 7.93. The molecule has 0 heterocycles. The monoisotopic (exact) mass is 207 g/mol. The van der Waals surface area contributed by atoms with Crippen LogP contribution in [0.15, 0.2) is 28.9 Å². The Balaban J connectivity index is 2.74. The zero-order valence-electron chi connectivity index (χ0n) is 9.24. The van der Waals surface area contributed by atoms with Crippen LogP contribution in [0.1, 0.15) is 5.56 Å². The number of ether oxygens (including phenoxy) is 1. The van der Waals surface area contributed by atoms with Gasteiger partial charge in [0.25, 0.3) is 0 Å². The fraction of sp³-hybridized carbons (Fsp3) is 0.364. The van der Waals surface area contributed by atoms with E-state index in [1.54, 1.807) is 7.11 Å². The Labute approximate surface area is 86.7 Å². The predicted octanol–water partition coefficient (Wildman–Crippen LogP) is 2.95. The minimum absolute atomic E-state index is 0.884. The van der Waals surface area contributed by atoms with E-state index in [2.05, 4.69) is 24.3 Å². The van der Waals surface area contributed by atoms with E-state index in [1.807, 2.05) is 30.5 Å². The summed E-state index contributed by atoms with van der Waals surface area (Å²) in [6.07, 6.45) is 1.95. The van der Waals surface area contributed by atoms with Gasteiger partial charge < -0.3 is 9.39 Å². The van der Waals surface area contributed by atoms with Crippen molar-refractivity contribution in [2.75, 3.05) is 7.11 Å². The number of hydrogen-bond donors (Lipinski definition) is 0. The van der Waals surface area contributed by atoms with Gasteiger partial charge in [-0.3, -0.25) is 0 Å². The number of methoxy groups -OCH3 is 1. The maximum atomic E-state index is 5.08. The van der Waals surface area contributed by atoms with E-state index in [1.165, 1.54) is 0 Å². The van der Waals surface area contributed by atoms with Crippen molar-refractivity contribution in [2.24, 2.45) is 4.66 Å². The van der Waals surface area contributed by atoms with Gasteiger partial charge in [-0.15, -0.1) is 0 Å². The molecule has 0 aliphatic carbocycles. The van der Waals surface area contributed by atoms with E-state index in [-0.39, 0.29) is 0 Å². The maximum Gasteiger partial charge on any atom is 0.172 e. The number of benzene rings is 1. The molecule has 0 aliphatic heterocycles. The lowest BCUT2D eigenvalue weighted by Crippen LogP contribution is -2.16. The van der Waals surface area contributed by atoms with Crippen LogP contribution in [0.5, 0.6) is 5.75 Å². The average Bonchev–Trinajstić information content (AvgIpc) is 2.14. The fourth-order valence-corrected chi connectivity index (χ4v) is 1.49. The highest BCUT2D eigenvalue weighted by Crippen LogP contribution is 2.10. The van der Waals surface area contributed by atoms with Crippen molar-refractivity contribution in [2.45, 2.75) is 19.6 Å². The summed E-state index contributed by atoms with van der Waals surface area (Å²) < 4.78 is 9.63. The van der Waals surface area contributed by atoms with Gasteiger partial charge in [-0.05, 0) is 49.5 Å². The summed E-state index contributed by atoms with van der Waals surface area (Å²) in [4.78, 5) is 0. The third kappa shape index (κ3) is 3.74. The Morgan fingerprint density at radius 2 is 1.71 bits per heavy atom. The molecule has 1 rings (SSSR count). The second-order valence-electron chi connectivity index (χ2n) is 4.20. The van der Waals surface area contributed by atoms with Gasteiger partial charge in [0.2, 0.25) is 0 Å². The molecule has 76 valence electrons.